The van der Waals surface area contributed by atoms with E-state index in [4.69, 9.17) is 9.47 Å². The lowest BCUT2D eigenvalue weighted by Gasteiger charge is -2.03. The van der Waals surface area contributed by atoms with Gasteiger partial charge in [-0.1, -0.05) is 0 Å². The Labute approximate surface area is 72.1 Å². The predicted molar refractivity (Wildman–Crippen MR) is 42.4 cm³/mol. The summed E-state index contributed by atoms with van der Waals surface area (Å²) in [5, 5.41) is 0. The van der Waals surface area contributed by atoms with Crippen LogP contribution in [0.1, 0.15) is 6.92 Å². The second kappa shape index (κ2) is 9.26. The van der Waals surface area contributed by atoms with Crippen LogP contribution in [-0.2, 0) is 14.0 Å². The third kappa shape index (κ3) is 10.2. The fraction of sp³-hybridized carbons (Fsp3) is 1.00. The minimum Gasteiger partial charge on any atom is -0.379 e. The lowest BCUT2D eigenvalue weighted by atomic mass is 10.7. The van der Waals surface area contributed by atoms with E-state index in [9.17, 15) is 8.39 Å². The molecule has 0 saturated carbocycles. The van der Waals surface area contributed by atoms with Crippen molar-refractivity contribution >= 4 is 8.77 Å². The first-order valence-electron chi connectivity index (χ1n) is 3.67. The molecule has 0 aromatic rings. The summed E-state index contributed by atoms with van der Waals surface area (Å²) >= 11 is 0. The van der Waals surface area contributed by atoms with E-state index >= 15 is 0 Å². The summed E-state index contributed by atoms with van der Waals surface area (Å²) in [7, 11) is -3.24. The van der Waals surface area contributed by atoms with Gasteiger partial charge in [0.05, 0.1) is 26.4 Å². The first kappa shape index (κ1) is 12.2. The Balaban J connectivity index is 2.82. The zero-order chi connectivity index (χ0) is 9.23. The standard InChI is InChI=1S/C6H13F2O3P/c1-2-9-3-4-10-5-6-11-12(7)8/h2-6H2,1H3. The molecule has 0 heterocycles. The van der Waals surface area contributed by atoms with Gasteiger partial charge in [0.2, 0.25) is 0 Å². The summed E-state index contributed by atoms with van der Waals surface area (Å²) in [6.45, 7) is 3.58. The van der Waals surface area contributed by atoms with Crippen LogP contribution in [0, 0.1) is 0 Å². The van der Waals surface area contributed by atoms with Crippen LogP contribution in [-0.4, -0.2) is 33.0 Å². The fourth-order valence-electron chi connectivity index (χ4n) is 0.529. The molecule has 0 amide bonds. The van der Waals surface area contributed by atoms with E-state index in [1.54, 1.807) is 0 Å². The van der Waals surface area contributed by atoms with Crippen LogP contribution in [0.15, 0.2) is 0 Å². The largest absolute Gasteiger partial charge is 0.415 e. The van der Waals surface area contributed by atoms with Crippen molar-refractivity contribution in [1.82, 2.24) is 0 Å². The van der Waals surface area contributed by atoms with E-state index in [-0.39, 0.29) is 13.2 Å². The number of hydrogen-bond acceptors (Lipinski definition) is 3. The molecule has 0 bridgehead atoms. The third-order valence-electron chi connectivity index (χ3n) is 0.993. The average Bonchev–Trinajstić information content (AvgIpc) is 2.02. The molecule has 0 fully saturated rings. The van der Waals surface area contributed by atoms with Crippen LogP contribution in [0.25, 0.3) is 0 Å². The molecule has 3 nitrogen and oxygen atoms in total. The topological polar surface area (TPSA) is 27.7 Å². The molecule has 0 unspecified atom stereocenters. The molecule has 0 N–H and O–H groups in total. The molecule has 6 heteroatoms. The Morgan fingerprint density at radius 3 is 2.17 bits per heavy atom. The first-order valence-corrected chi connectivity index (χ1v) is 4.71. The molecule has 0 radical (unpaired) electrons. The van der Waals surface area contributed by atoms with Gasteiger partial charge in [-0.25, -0.2) is 0 Å². The number of rotatable bonds is 8. The minimum absolute atomic E-state index is 0.0508. The van der Waals surface area contributed by atoms with Gasteiger partial charge < -0.3 is 14.0 Å². The van der Waals surface area contributed by atoms with Crippen molar-refractivity contribution < 1.29 is 22.4 Å². The molecule has 0 spiro atoms. The Bertz CT molecular complexity index is 94.9. The monoisotopic (exact) mass is 202 g/mol. The molecule has 12 heavy (non-hydrogen) atoms. The van der Waals surface area contributed by atoms with E-state index in [1.807, 2.05) is 6.92 Å². The summed E-state index contributed by atoms with van der Waals surface area (Å²) < 4.78 is 36.7. The summed E-state index contributed by atoms with van der Waals surface area (Å²) in [5.41, 5.74) is 0. The van der Waals surface area contributed by atoms with Crippen LogP contribution in [0.2, 0.25) is 0 Å². The molecule has 0 aliphatic carbocycles. The maximum absolute atomic E-state index is 11.4. The summed E-state index contributed by atoms with van der Waals surface area (Å²) in [6.07, 6.45) is 0. The number of hydrogen-bond donors (Lipinski definition) is 0. The maximum atomic E-state index is 11.4. The van der Waals surface area contributed by atoms with Crippen LogP contribution < -0.4 is 0 Å². The normalized spacial score (nSPS) is 11.0. The Hall–Kier alpha value is 0.170. The second-order valence-corrected chi connectivity index (χ2v) is 2.51. The Kier molecular flexibility index (Phi) is 9.39. The number of ether oxygens (including phenoxy) is 2. The molecular weight excluding hydrogens is 189 g/mol. The lowest BCUT2D eigenvalue weighted by Crippen LogP contribution is -2.07. The minimum atomic E-state index is -3.24. The zero-order valence-corrected chi connectivity index (χ0v) is 7.86. The van der Waals surface area contributed by atoms with Gasteiger partial charge in [-0.15, -0.1) is 0 Å². The highest BCUT2D eigenvalue weighted by atomic mass is 31.2. The molecule has 0 atom stereocenters. The molecule has 0 aliphatic rings. The maximum Gasteiger partial charge on any atom is 0.415 e. The van der Waals surface area contributed by atoms with E-state index in [0.717, 1.165) is 0 Å². The van der Waals surface area contributed by atoms with Crippen molar-refractivity contribution in [3.05, 3.63) is 0 Å². The van der Waals surface area contributed by atoms with Gasteiger partial charge >= 0.3 is 8.77 Å². The van der Waals surface area contributed by atoms with Gasteiger partial charge in [0.1, 0.15) is 0 Å². The molecule has 0 aromatic heterocycles. The van der Waals surface area contributed by atoms with Crippen molar-refractivity contribution in [3.63, 3.8) is 0 Å². The van der Waals surface area contributed by atoms with E-state index in [2.05, 4.69) is 4.52 Å². The Morgan fingerprint density at radius 2 is 1.58 bits per heavy atom. The van der Waals surface area contributed by atoms with Crippen molar-refractivity contribution in [3.8, 4) is 0 Å². The summed E-state index contributed by atoms with van der Waals surface area (Å²) in [6, 6.07) is 0. The quantitative estimate of drug-likeness (QED) is 0.446. The van der Waals surface area contributed by atoms with Crippen LogP contribution >= 0.6 is 8.77 Å². The van der Waals surface area contributed by atoms with Gasteiger partial charge in [0.25, 0.3) is 0 Å². The molecule has 74 valence electrons. The highest BCUT2D eigenvalue weighted by Gasteiger charge is 2.02. The molecule has 0 aliphatic heterocycles. The van der Waals surface area contributed by atoms with Crippen LogP contribution in [0.5, 0.6) is 0 Å². The molecular formula is C6H13F2O3P. The Morgan fingerprint density at radius 1 is 1.00 bits per heavy atom. The highest BCUT2D eigenvalue weighted by Crippen LogP contribution is 2.39. The van der Waals surface area contributed by atoms with Crippen LogP contribution in [0.3, 0.4) is 0 Å². The zero-order valence-electron chi connectivity index (χ0n) is 6.96. The lowest BCUT2D eigenvalue weighted by molar-refractivity contribution is 0.0404. The fourth-order valence-corrected chi connectivity index (χ4v) is 0.742. The van der Waals surface area contributed by atoms with Crippen molar-refractivity contribution in [2.75, 3.05) is 33.0 Å². The molecule has 0 rings (SSSR count). The second-order valence-electron chi connectivity index (χ2n) is 1.84. The predicted octanol–water partition coefficient (Wildman–Crippen LogP) is 2.22. The summed E-state index contributed by atoms with van der Waals surface area (Å²) in [5.74, 6) is 0. The molecule has 0 saturated heterocycles. The van der Waals surface area contributed by atoms with Gasteiger partial charge in [-0.3, -0.25) is 0 Å². The molecule has 0 aromatic carbocycles. The average molecular weight is 202 g/mol. The van der Waals surface area contributed by atoms with Gasteiger partial charge in [0, 0.05) is 6.61 Å². The van der Waals surface area contributed by atoms with Crippen molar-refractivity contribution in [1.29, 1.82) is 0 Å². The van der Waals surface area contributed by atoms with Crippen LogP contribution in [0.4, 0.5) is 8.39 Å². The highest BCUT2D eigenvalue weighted by molar-refractivity contribution is 7.40. The summed E-state index contributed by atoms with van der Waals surface area (Å²) in [4.78, 5) is 0. The van der Waals surface area contributed by atoms with Crippen molar-refractivity contribution in [2.24, 2.45) is 0 Å². The number of halogens is 2. The van der Waals surface area contributed by atoms with Gasteiger partial charge in [-0.05, 0) is 6.92 Å². The van der Waals surface area contributed by atoms with Gasteiger partial charge in [0.15, 0.2) is 0 Å². The SMILES string of the molecule is CCOCCOCCOP(F)F. The van der Waals surface area contributed by atoms with Gasteiger partial charge in [-0.2, -0.15) is 8.39 Å². The first-order chi connectivity index (χ1) is 5.77. The van der Waals surface area contributed by atoms with Crippen molar-refractivity contribution in [2.45, 2.75) is 6.92 Å². The van der Waals surface area contributed by atoms with E-state index in [0.29, 0.717) is 19.8 Å². The smallest absolute Gasteiger partial charge is 0.379 e. The van der Waals surface area contributed by atoms with E-state index in [1.165, 1.54) is 0 Å². The third-order valence-corrected chi connectivity index (χ3v) is 1.37. The van der Waals surface area contributed by atoms with E-state index < -0.39 is 8.77 Å².